The van der Waals surface area contributed by atoms with Gasteiger partial charge in [0.15, 0.2) is 0 Å². The molecule has 2 aromatic heterocycles. The molecule has 200 valence electrons. The first-order chi connectivity index (χ1) is 19.0. The van der Waals surface area contributed by atoms with Gasteiger partial charge in [-0.05, 0) is 62.2 Å². The number of aromatic amines is 1. The zero-order chi connectivity index (χ0) is 27.2. The van der Waals surface area contributed by atoms with Crippen LogP contribution in [-0.2, 0) is 16.1 Å². The molecule has 2 aromatic carbocycles. The van der Waals surface area contributed by atoms with E-state index in [0.717, 1.165) is 22.7 Å². The molecule has 3 amide bonds. The molecule has 0 spiro atoms. The Bertz CT molecular complexity index is 1420. The summed E-state index contributed by atoms with van der Waals surface area (Å²) in [6.45, 7) is 2.11. The van der Waals surface area contributed by atoms with E-state index >= 15 is 0 Å². The fourth-order valence-electron chi connectivity index (χ4n) is 4.62. The first-order valence-electron chi connectivity index (χ1n) is 12.7. The molecule has 0 radical (unpaired) electrons. The smallest absolute Gasteiger partial charge is 0.251 e. The minimum atomic E-state index is -0.566. The second kappa shape index (κ2) is 12.0. The number of aromatic nitrogens is 2. The summed E-state index contributed by atoms with van der Waals surface area (Å²) in [6.07, 6.45) is 4.77. The predicted octanol–water partition coefficient (Wildman–Crippen LogP) is 4.36. The fraction of sp³-hybridized carbons (Fsp3) is 0.241. The van der Waals surface area contributed by atoms with Gasteiger partial charge in [0.1, 0.15) is 23.4 Å². The van der Waals surface area contributed by atoms with Crippen molar-refractivity contribution in [2.75, 3.05) is 6.54 Å². The summed E-state index contributed by atoms with van der Waals surface area (Å²) in [5, 5.41) is 7.64. The summed E-state index contributed by atoms with van der Waals surface area (Å²) in [7, 11) is 0. The number of thiophene rings is 1. The molecule has 2 atom stereocenters. The van der Waals surface area contributed by atoms with Gasteiger partial charge < -0.3 is 25.3 Å². The second-order valence-electron chi connectivity index (χ2n) is 9.32. The lowest BCUT2D eigenvalue weighted by Crippen LogP contribution is -2.51. The molecule has 3 N–H and O–H groups in total. The van der Waals surface area contributed by atoms with E-state index in [2.05, 4.69) is 20.6 Å². The zero-order valence-corrected chi connectivity index (χ0v) is 22.2. The van der Waals surface area contributed by atoms with Gasteiger partial charge in [-0.3, -0.25) is 14.4 Å². The minimum Gasteiger partial charge on any atom is -0.457 e. The monoisotopic (exact) mass is 543 g/mol. The van der Waals surface area contributed by atoms with E-state index in [9.17, 15) is 14.4 Å². The minimum absolute atomic E-state index is 0.0909. The number of likely N-dealkylation sites (tertiary alicyclic amines) is 1. The second-order valence-corrected chi connectivity index (χ2v) is 10.3. The maximum absolute atomic E-state index is 13.1. The van der Waals surface area contributed by atoms with Crippen LogP contribution in [0.15, 0.2) is 78.4 Å². The van der Waals surface area contributed by atoms with Crippen molar-refractivity contribution < 1.29 is 19.1 Å². The molecule has 0 saturated carbocycles. The van der Waals surface area contributed by atoms with Crippen molar-refractivity contribution in [3.63, 3.8) is 0 Å². The van der Waals surface area contributed by atoms with E-state index < -0.39 is 6.04 Å². The van der Waals surface area contributed by atoms with Crippen molar-refractivity contribution in [3.05, 3.63) is 88.9 Å². The standard InChI is InChI=1S/C29H29N5O4S/c1-19-7-12-25(29(37)32-16-24-15-21(18-39-24)27-30-13-14-31-27)34(19)26(35)17-33-28(36)20-8-10-23(11-9-20)38-22-5-3-2-4-6-22/h2-6,8-11,13-15,18-19,25H,7,12,16-17H2,1H3,(H,30,31)(H,32,37)(H,33,36). The highest BCUT2D eigenvalue weighted by atomic mass is 32.1. The number of nitrogens with zero attached hydrogens (tertiary/aromatic N) is 2. The number of carbonyl (C=O) groups excluding carboxylic acids is 3. The van der Waals surface area contributed by atoms with Crippen LogP contribution in [0.1, 0.15) is 35.0 Å². The van der Waals surface area contributed by atoms with Crippen molar-refractivity contribution in [1.82, 2.24) is 25.5 Å². The van der Waals surface area contributed by atoms with Crippen molar-refractivity contribution >= 4 is 29.1 Å². The van der Waals surface area contributed by atoms with Gasteiger partial charge in [0, 0.05) is 39.8 Å². The molecule has 9 nitrogen and oxygen atoms in total. The molecule has 1 aliphatic heterocycles. The van der Waals surface area contributed by atoms with Crippen LogP contribution < -0.4 is 15.4 Å². The number of benzene rings is 2. The quantitative estimate of drug-likeness (QED) is 0.290. The Balaban J connectivity index is 1.12. The summed E-state index contributed by atoms with van der Waals surface area (Å²) < 4.78 is 5.76. The highest BCUT2D eigenvalue weighted by Crippen LogP contribution is 2.26. The molecule has 0 aliphatic carbocycles. The van der Waals surface area contributed by atoms with E-state index in [-0.39, 0.29) is 30.3 Å². The molecule has 1 saturated heterocycles. The topological polar surface area (TPSA) is 116 Å². The molecule has 3 heterocycles. The van der Waals surface area contributed by atoms with E-state index in [1.54, 1.807) is 41.6 Å². The number of imidazole rings is 1. The third kappa shape index (κ3) is 6.35. The number of nitrogens with one attached hydrogen (secondary N) is 3. The van der Waals surface area contributed by atoms with Gasteiger partial charge in [0.25, 0.3) is 5.91 Å². The molecule has 39 heavy (non-hydrogen) atoms. The Labute approximate surface area is 230 Å². The van der Waals surface area contributed by atoms with E-state index in [0.29, 0.717) is 30.0 Å². The van der Waals surface area contributed by atoms with Crippen molar-refractivity contribution in [2.24, 2.45) is 0 Å². The molecule has 10 heteroatoms. The Hall–Kier alpha value is -4.44. The molecule has 2 unspecified atom stereocenters. The van der Waals surface area contributed by atoms with E-state index in [1.165, 1.54) is 11.3 Å². The van der Waals surface area contributed by atoms with Crippen LogP contribution in [0.2, 0.25) is 0 Å². The molecular weight excluding hydrogens is 514 g/mol. The summed E-state index contributed by atoms with van der Waals surface area (Å²) in [5.74, 6) is 1.24. The van der Waals surface area contributed by atoms with Gasteiger partial charge in [-0.1, -0.05) is 18.2 Å². The molecular formula is C29H29N5O4S. The van der Waals surface area contributed by atoms with Crippen molar-refractivity contribution in [3.8, 4) is 22.9 Å². The zero-order valence-electron chi connectivity index (χ0n) is 21.4. The maximum Gasteiger partial charge on any atom is 0.251 e. The SMILES string of the molecule is CC1CCC(C(=O)NCc2cc(-c3ncc[nH]3)cs2)N1C(=O)CNC(=O)c1ccc(Oc2ccccc2)cc1. The van der Waals surface area contributed by atoms with Crippen LogP contribution in [0, 0.1) is 0 Å². The van der Waals surface area contributed by atoms with Gasteiger partial charge in [0.05, 0.1) is 13.1 Å². The van der Waals surface area contributed by atoms with E-state index in [4.69, 9.17) is 4.74 Å². The number of ether oxygens (including phenoxy) is 1. The predicted molar refractivity (Wildman–Crippen MR) is 148 cm³/mol. The van der Waals surface area contributed by atoms with Crippen LogP contribution in [0.4, 0.5) is 0 Å². The van der Waals surface area contributed by atoms with Gasteiger partial charge in [0.2, 0.25) is 11.8 Å². The number of amides is 3. The Morgan fingerprint density at radius 3 is 2.56 bits per heavy atom. The average molecular weight is 544 g/mol. The third-order valence-corrected chi connectivity index (χ3v) is 7.55. The summed E-state index contributed by atoms with van der Waals surface area (Å²) >= 11 is 1.54. The van der Waals surface area contributed by atoms with Gasteiger partial charge >= 0.3 is 0 Å². The number of hydrogen-bond acceptors (Lipinski definition) is 6. The van der Waals surface area contributed by atoms with Crippen molar-refractivity contribution in [1.29, 1.82) is 0 Å². The lowest BCUT2D eigenvalue weighted by Gasteiger charge is -2.28. The number of carbonyl (C=O) groups is 3. The van der Waals surface area contributed by atoms with Crippen LogP contribution in [-0.4, -0.2) is 51.2 Å². The van der Waals surface area contributed by atoms with E-state index in [1.807, 2.05) is 48.7 Å². The van der Waals surface area contributed by atoms with Gasteiger partial charge in [-0.25, -0.2) is 4.98 Å². The molecule has 0 bridgehead atoms. The Kier molecular flexibility index (Phi) is 8.02. The summed E-state index contributed by atoms with van der Waals surface area (Å²) in [6, 6.07) is 17.4. The Morgan fingerprint density at radius 2 is 1.82 bits per heavy atom. The maximum atomic E-state index is 13.1. The molecule has 4 aromatic rings. The number of H-pyrrole nitrogens is 1. The number of hydrogen-bond donors (Lipinski definition) is 3. The summed E-state index contributed by atoms with van der Waals surface area (Å²) in [5.41, 5.74) is 1.38. The normalized spacial score (nSPS) is 16.6. The summed E-state index contributed by atoms with van der Waals surface area (Å²) in [4.78, 5) is 48.7. The van der Waals surface area contributed by atoms with Crippen LogP contribution in [0.3, 0.4) is 0 Å². The molecule has 1 fully saturated rings. The fourth-order valence-corrected chi connectivity index (χ4v) is 5.43. The first kappa shape index (κ1) is 26.2. The lowest BCUT2D eigenvalue weighted by molar-refractivity contribution is -0.139. The first-order valence-corrected chi connectivity index (χ1v) is 13.6. The van der Waals surface area contributed by atoms with Crippen LogP contribution in [0.25, 0.3) is 11.4 Å². The van der Waals surface area contributed by atoms with Gasteiger partial charge in [-0.15, -0.1) is 11.3 Å². The molecule has 1 aliphatic rings. The Morgan fingerprint density at radius 1 is 1.05 bits per heavy atom. The highest BCUT2D eigenvalue weighted by Gasteiger charge is 2.38. The average Bonchev–Trinajstić information content (AvgIpc) is 3.72. The largest absolute Gasteiger partial charge is 0.457 e. The van der Waals surface area contributed by atoms with Gasteiger partial charge in [-0.2, -0.15) is 0 Å². The molecule has 5 rings (SSSR count). The van der Waals surface area contributed by atoms with Crippen LogP contribution in [0.5, 0.6) is 11.5 Å². The third-order valence-electron chi connectivity index (χ3n) is 6.62. The highest BCUT2D eigenvalue weighted by molar-refractivity contribution is 7.10. The lowest BCUT2D eigenvalue weighted by atomic mass is 10.2. The number of para-hydroxylation sites is 1. The number of rotatable bonds is 9. The van der Waals surface area contributed by atoms with Crippen LogP contribution >= 0.6 is 11.3 Å². The van der Waals surface area contributed by atoms with Crippen molar-refractivity contribution in [2.45, 2.75) is 38.4 Å².